The molecule has 1 heterocycles. The predicted molar refractivity (Wildman–Crippen MR) is 55.4 cm³/mol. The van der Waals surface area contributed by atoms with Crippen molar-refractivity contribution < 1.29 is 9.90 Å². The highest BCUT2D eigenvalue weighted by atomic mass is 16.3. The lowest BCUT2D eigenvalue weighted by Crippen LogP contribution is -2.23. The molecule has 6 heteroatoms. The number of carbonyl (C=O) groups excluding carboxylic acids is 1. The summed E-state index contributed by atoms with van der Waals surface area (Å²) in [5, 5.41) is 14.1. The van der Waals surface area contributed by atoms with Crippen molar-refractivity contribution in [1.82, 2.24) is 20.2 Å². The Morgan fingerprint density at radius 2 is 2.40 bits per heavy atom. The summed E-state index contributed by atoms with van der Waals surface area (Å²) in [5.41, 5.74) is 0.905. The van der Waals surface area contributed by atoms with Gasteiger partial charge in [0.15, 0.2) is 5.82 Å². The maximum absolute atomic E-state index is 11.3. The van der Waals surface area contributed by atoms with Crippen LogP contribution in [0.5, 0.6) is 0 Å². The van der Waals surface area contributed by atoms with E-state index in [4.69, 9.17) is 5.11 Å². The van der Waals surface area contributed by atoms with Crippen LogP contribution in [-0.4, -0.2) is 40.8 Å². The molecule has 0 fully saturated rings. The van der Waals surface area contributed by atoms with Crippen LogP contribution in [0.3, 0.4) is 0 Å². The topological polar surface area (TPSA) is 79.2 Å². The average molecular weight is 212 g/mol. The van der Waals surface area contributed by atoms with Gasteiger partial charge < -0.3 is 20.3 Å². The molecule has 15 heavy (non-hydrogen) atoms. The number of nitrogens with zero attached hydrogens (tertiary/aromatic N) is 2. The van der Waals surface area contributed by atoms with E-state index in [1.807, 2.05) is 0 Å². The molecule has 1 aromatic heterocycles. The predicted octanol–water partition coefficient (Wildman–Crippen LogP) is -1.14. The van der Waals surface area contributed by atoms with Crippen molar-refractivity contribution in [2.24, 2.45) is 7.05 Å². The maximum atomic E-state index is 11.3. The zero-order chi connectivity index (χ0) is 11.3. The first-order chi connectivity index (χ1) is 7.20. The molecule has 3 N–H and O–H groups in total. The molecular formula is C9H16N4O2. The van der Waals surface area contributed by atoms with Gasteiger partial charge in [0, 0.05) is 27.2 Å². The van der Waals surface area contributed by atoms with Gasteiger partial charge in [0.1, 0.15) is 0 Å². The molecule has 0 spiro atoms. The monoisotopic (exact) mass is 212 g/mol. The smallest absolute Gasteiger partial charge is 0.287 e. The molecule has 1 amide bonds. The molecule has 0 bridgehead atoms. The second-order valence-corrected chi connectivity index (χ2v) is 3.11. The lowest BCUT2D eigenvalue weighted by molar-refractivity contribution is 0.0949. The fourth-order valence-corrected chi connectivity index (χ4v) is 1.23. The SMILES string of the molecule is CNC(=O)c1ncc(CNCCO)n1C. The first-order valence-electron chi connectivity index (χ1n) is 4.75. The molecule has 84 valence electrons. The van der Waals surface area contributed by atoms with Gasteiger partial charge in [-0.05, 0) is 0 Å². The third-order valence-electron chi connectivity index (χ3n) is 2.11. The Labute approximate surface area is 88.3 Å². The van der Waals surface area contributed by atoms with E-state index >= 15 is 0 Å². The summed E-state index contributed by atoms with van der Waals surface area (Å²) < 4.78 is 1.73. The zero-order valence-corrected chi connectivity index (χ0v) is 8.95. The summed E-state index contributed by atoms with van der Waals surface area (Å²) in [6.07, 6.45) is 1.65. The Bertz CT molecular complexity index is 335. The van der Waals surface area contributed by atoms with Gasteiger partial charge in [0.2, 0.25) is 0 Å². The Kier molecular flexibility index (Phi) is 4.26. The molecular weight excluding hydrogens is 196 g/mol. The van der Waals surface area contributed by atoms with Crippen LogP contribution < -0.4 is 10.6 Å². The number of carbonyl (C=O) groups is 1. The largest absolute Gasteiger partial charge is 0.395 e. The number of aromatic nitrogens is 2. The first-order valence-corrected chi connectivity index (χ1v) is 4.75. The highest BCUT2D eigenvalue weighted by Crippen LogP contribution is 2.02. The molecule has 0 aliphatic heterocycles. The standard InChI is InChI=1S/C9H16N4O2/c1-10-9(15)8-12-6-7(13(8)2)5-11-3-4-14/h6,11,14H,3-5H2,1-2H3,(H,10,15). The van der Waals surface area contributed by atoms with Crippen LogP contribution in [-0.2, 0) is 13.6 Å². The summed E-state index contributed by atoms with van der Waals surface area (Å²) in [6.45, 7) is 1.21. The molecule has 0 aromatic carbocycles. The normalized spacial score (nSPS) is 10.3. The molecule has 1 aromatic rings. The second kappa shape index (κ2) is 5.47. The molecule has 0 unspecified atom stereocenters. The van der Waals surface area contributed by atoms with E-state index in [-0.39, 0.29) is 12.5 Å². The lowest BCUT2D eigenvalue weighted by atomic mass is 10.4. The summed E-state index contributed by atoms with van der Waals surface area (Å²) in [4.78, 5) is 15.3. The molecule has 1 rings (SSSR count). The van der Waals surface area contributed by atoms with E-state index in [0.717, 1.165) is 5.69 Å². The van der Waals surface area contributed by atoms with Gasteiger partial charge in [-0.25, -0.2) is 4.98 Å². The average Bonchev–Trinajstić information content (AvgIpc) is 2.60. The minimum atomic E-state index is -0.203. The Balaban J connectivity index is 2.67. The third kappa shape index (κ3) is 2.77. The molecule has 0 saturated carbocycles. The van der Waals surface area contributed by atoms with E-state index in [1.165, 1.54) is 0 Å². The van der Waals surface area contributed by atoms with Crippen molar-refractivity contribution in [2.45, 2.75) is 6.54 Å². The Hall–Kier alpha value is -1.40. The van der Waals surface area contributed by atoms with Gasteiger partial charge in [-0.15, -0.1) is 0 Å². The molecule has 0 saturated heterocycles. The van der Waals surface area contributed by atoms with E-state index in [9.17, 15) is 4.79 Å². The summed E-state index contributed by atoms with van der Waals surface area (Å²) in [7, 11) is 3.36. The van der Waals surface area contributed by atoms with Crippen LogP contribution >= 0.6 is 0 Å². The summed E-state index contributed by atoms with van der Waals surface area (Å²) in [5.74, 6) is 0.184. The molecule has 0 atom stereocenters. The van der Waals surface area contributed by atoms with Crippen molar-refractivity contribution >= 4 is 5.91 Å². The van der Waals surface area contributed by atoms with Gasteiger partial charge in [0.05, 0.1) is 18.5 Å². The number of aliphatic hydroxyl groups is 1. The van der Waals surface area contributed by atoms with Gasteiger partial charge >= 0.3 is 0 Å². The Morgan fingerprint density at radius 1 is 1.67 bits per heavy atom. The third-order valence-corrected chi connectivity index (χ3v) is 2.11. The van der Waals surface area contributed by atoms with Crippen LogP contribution in [0.2, 0.25) is 0 Å². The van der Waals surface area contributed by atoms with Crippen molar-refractivity contribution in [3.05, 3.63) is 17.7 Å². The van der Waals surface area contributed by atoms with Gasteiger partial charge in [-0.2, -0.15) is 0 Å². The number of hydrogen-bond acceptors (Lipinski definition) is 4. The Morgan fingerprint density at radius 3 is 3.00 bits per heavy atom. The quantitative estimate of drug-likeness (QED) is 0.539. The van der Waals surface area contributed by atoms with Crippen molar-refractivity contribution in [1.29, 1.82) is 0 Å². The van der Waals surface area contributed by atoms with E-state index in [1.54, 1.807) is 24.9 Å². The summed E-state index contributed by atoms with van der Waals surface area (Å²) >= 11 is 0. The van der Waals surface area contributed by atoms with E-state index in [0.29, 0.717) is 18.9 Å². The number of amides is 1. The number of nitrogens with one attached hydrogen (secondary N) is 2. The second-order valence-electron chi connectivity index (χ2n) is 3.11. The molecule has 0 radical (unpaired) electrons. The van der Waals surface area contributed by atoms with Crippen LogP contribution in [0.1, 0.15) is 16.3 Å². The van der Waals surface area contributed by atoms with Crippen molar-refractivity contribution in [2.75, 3.05) is 20.2 Å². The molecule has 0 aliphatic rings. The van der Waals surface area contributed by atoms with Gasteiger partial charge in [-0.1, -0.05) is 0 Å². The van der Waals surface area contributed by atoms with Crippen LogP contribution in [0.25, 0.3) is 0 Å². The molecule has 6 nitrogen and oxygen atoms in total. The van der Waals surface area contributed by atoms with E-state index < -0.39 is 0 Å². The number of imidazole rings is 1. The van der Waals surface area contributed by atoms with Crippen LogP contribution in [0.4, 0.5) is 0 Å². The number of aliphatic hydroxyl groups excluding tert-OH is 1. The zero-order valence-electron chi connectivity index (χ0n) is 8.95. The first kappa shape index (κ1) is 11.7. The highest BCUT2D eigenvalue weighted by molar-refractivity contribution is 5.90. The minimum Gasteiger partial charge on any atom is -0.395 e. The van der Waals surface area contributed by atoms with Gasteiger partial charge in [-0.3, -0.25) is 4.79 Å². The fourth-order valence-electron chi connectivity index (χ4n) is 1.23. The van der Waals surface area contributed by atoms with Crippen molar-refractivity contribution in [3.8, 4) is 0 Å². The lowest BCUT2D eigenvalue weighted by Gasteiger charge is -2.05. The highest BCUT2D eigenvalue weighted by Gasteiger charge is 2.11. The fraction of sp³-hybridized carbons (Fsp3) is 0.556. The van der Waals surface area contributed by atoms with Gasteiger partial charge in [0.25, 0.3) is 5.91 Å². The summed E-state index contributed by atoms with van der Waals surface area (Å²) in [6, 6.07) is 0. The van der Waals surface area contributed by atoms with Crippen molar-refractivity contribution in [3.63, 3.8) is 0 Å². The van der Waals surface area contributed by atoms with Crippen LogP contribution in [0.15, 0.2) is 6.20 Å². The number of hydrogen-bond donors (Lipinski definition) is 3. The minimum absolute atomic E-state index is 0.0974. The van der Waals surface area contributed by atoms with Crippen LogP contribution in [0, 0.1) is 0 Å². The molecule has 0 aliphatic carbocycles. The number of rotatable bonds is 5. The van der Waals surface area contributed by atoms with E-state index in [2.05, 4.69) is 15.6 Å². The maximum Gasteiger partial charge on any atom is 0.287 e.